The number of rotatable bonds is 2. The molecule has 0 spiro atoms. The van der Waals surface area contributed by atoms with E-state index in [0.717, 1.165) is 5.56 Å². The first kappa shape index (κ1) is 13.7. The van der Waals surface area contributed by atoms with E-state index in [1.54, 1.807) is 36.4 Å². The van der Waals surface area contributed by atoms with Crippen molar-refractivity contribution in [3.8, 4) is 0 Å². The maximum Gasteiger partial charge on any atom is 0.255 e. The zero-order valence-corrected chi connectivity index (χ0v) is 11.7. The van der Waals surface area contributed by atoms with Gasteiger partial charge in [0.1, 0.15) is 0 Å². The van der Waals surface area contributed by atoms with Crippen LogP contribution in [-0.2, 0) is 0 Å². The summed E-state index contributed by atoms with van der Waals surface area (Å²) in [5.74, 6) is -0.243. The first-order valence-corrected chi connectivity index (χ1v) is 6.35. The van der Waals surface area contributed by atoms with Crippen molar-refractivity contribution >= 4 is 40.5 Å². The van der Waals surface area contributed by atoms with Crippen molar-refractivity contribution in [2.45, 2.75) is 6.92 Å². The van der Waals surface area contributed by atoms with Crippen LogP contribution in [0.5, 0.6) is 0 Å². The van der Waals surface area contributed by atoms with Gasteiger partial charge < -0.3 is 11.1 Å². The molecule has 0 saturated heterocycles. The van der Waals surface area contributed by atoms with Crippen molar-refractivity contribution in [1.29, 1.82) is 0 Å². The van der Waals surface area contributed by atoms with E-state index in [4.69, 9.17) is 28.9 Å². The molecule has 0 atom stereocenters. The van der Waals surface area contributed by atoms with Crippen LogP contribution < -0.4 is 11.1 Å². The Morgan fingerprint density at radius 1 is 1.21 bits per heavy atom. The van der Waals surface area contributed by atoms with Gasteiger partial charge >= 0.3 is 0 Å². The van der Waals surface area contributed by atoms with E-state index in [1.807, 2.05) is 6.92 Å². The van der Waals surface area contributed by atoms with Crippen LogP contribution in [-0.4, -0.2) is 5.91 Å². The predicted molar refractivity (Wildman–Crippen MR) is 80.0 cm³/mol. The molecule has 0 bridgehead atoms. The SMILES string of the molecule is Cc1cc(Cl)c(N)cc1NC(=O)c1cccc(Cl)c1. The summed E-state index contributed by atoms with van der Waals surface area (Å²) in [6.07, 6.45) is 0. The van der Waals surface area contributed by atoms with Gasteiger partial charge in [0, 0.05) is 16.3 Å². The molecule has 0 aromatic heterocycles. The number of hydrogen-bond acceptors (Lipinski definition) is 2. The monoisotopic (exact) mass is 294 g/mol. The molecule has 2 aromatic carbocycles. The fourth-order valence-electron chi connectivity index (χ4n) is 1.65. The number of anilines is 2. The third-order valence-electron chi connectivity index (χ3n) is 2.68. The highest BCUT2D eigenvalue weighted by Crippen LogP contribution is 2.27. The quantitative estimate of drug-likeness (QED) is 0.818. The molecule has 0 aliphatic carbocycles. The van der Waals surface area contributed by atoms with E-state index >= 15 is 0 Å². The molecular formula is C14H12Cl2N2O. The van der Waals surface area contributed by atoms with Crippen LogP contribution in [0.1, 0.15) is 15.9 Å². The van der Waals surface area contributed by atoms with Crippen molar-refractivity contribution in [2.24, 2.45) is 0 Å². The Morgan fingerprint density at radius 3 is 2.63 bits per heavy atom. The summed E-state index contributed by atoms with van der Waals surface area (Å²) in [6, 6.07) is 10.1. The summed E-state index contributed by atoms with van der Waals surface area (Å²) in [4.78, 5) is 12.1. The molecule has 3 N–H and O–H groups in total. The number of carbonyl (C=O) groups is 1. The molecule has 2 aromatic rings. The van der Waals surface area contributed by atoms with Crippen molar-refractivity contribution in [1.82, 2.24) is 0 Å². The van der Waals surface area contributed by atoms with Gasteiger partial charge in [-0.3, -0.25) is 4.79 Å². The number of aryl methyl sites for hydroxylation is 1. The zero-order valence-electron chi connectivity index (χ0n) is 10.2. The third-order valence-corrected chi connectivity index (χ3v) is 3.24. The molecule has 0 unspecified atom stereocenters. The average molecular weight is 295 g/mol. The highest BCUT2D eigenvalue weighted by molar-refractivity contribution is 6.33. The fourth-order valence-corrected chi connectivity index (χ4v) is 2.06. The predicted octanol–water partition coefficient (Wildman–Crippen LogP) is 4.14. The number of carbonyl (C=O) groups excluding carboxylic acids is 1. The molecule has 98 valence electrons. The summed E-state index contributed by atoms with van der Waals surface area (Å²) in [5.41, 5.74) is 8.11. The summed E-state index contributed by atoms with van der Waals surface area (Å²) < 4.78 is 0. The lowest BCUT2D eigenvalue weighted by Crippen LogP contribution is -2.13. The molecule has 1 amide bonds. The van der Waals surface area contributed by atoms with Gasteiger partial charge in [0.25, 0.3) is 5.91 Å². The molecule has 0 saturated carbocycles. The van der Waals surface area contributed by atoms with Gasteiger partial charge in [0.2, 0.25) is 0 Å². The minimum Gasteiger partial charge on any atom is -0.397 e. The van der Waals surface area contributed by atoms with Gasteiger partial charge in [0.15, 0.2) is 0 Å². The van der Waals surface area contributed by atoms with Crippen molar-refractivity contribution < 1.29 is 4.79 Å². The van der Waals surface area contributed by atoms with E-state index in [1.165, 1.54) is 0 Å². The first-order chi connectivity index (χ1) is 8.97. The summed E-state index contributed by atoms with van der Waals surface area (Å²) in [6.45, 7) is 1.85. The number of nitrogens with two attached hydrogens (primary N) is 1. The Morgan fingerprint density at radius 2 is 1.95 bits per heavy atom. The number of benzene rings is 2. The molecule has 0 heterocycles. The highest BCUT2D eigenvalue weighted by atomic mass is 35.5. The minimum atomic E-state index is -0.243. The first-order valence-electron chi connectivity index (χ1n) is 5.60. The molecule has 3 nitrogen and oxygen atoms in total. The van der Waals surface area contributed by atoms with Crippen LogP contribution in [0.3, 0.4) is 0 Å². The van der Waals surface area contributed by atoms with E-state index < -0.39 is 0 Å². The second-order valence-electron chi connectivity index (χ2n) is 4.15. The van der Waals surface area contributed by atoms with Gasteiger partial charge in [-0.05, 0) is 42.8 Å². The number of halogens is 2. The van der Waals surface area contributed by atoms with Gasteiger partial charge in [0.05, 0.1) is 10.7 Å². The largest absolute Gasteiger partial charge is 0.397 e. The van der Waals surface area contributed by atoms with Crippen LogP contribution >= 0.6 is 23.2 Å². The van der Waals surface area contributed by atoms with Gasteiger partial charge in [-0.1, -0.05) is 29.3 Å². The van der Waals surface area contributed by atoms with E-state index in [2.05, 4.69) is 5.32 Å². The summed E-state index contributed by atoms with van der Waals surface area (Å²) in [5, 5.41) is 3.77. The highest BCUT2D eigenvalue weighted by Gasteiger charge is 2.09. The van der Waals surface area contributed by atoms with Crippen molar-refractivity contribution in [3.05, 3.63) is 57.6 Å². The summed E-state index contributed by atoms with van der Waals surface area (Å²) >= 11 is 11.8. The lowest BCUT2D eigenvalue weighted by atomic mass is 10.1. The Kier molecular flexibility index (Phi) is 3.98. The number of nitrogens with one attached hydrogen (secondary N) is 1. The van der Waals surface area contributed by atoms with Crippen LogP contribution in [0.25, 0.3) is 0 Å². The molecule has 19 heavy (non-hydrogen) atoms. The lowest BCUT2D eigenvalue weighted by molar-refractivity contribution is 0.102. The van der Waals surface area contributed by atoms with E-state index in [9.17, 15) is 4.79 Å². The van der Waals surface area contributed by atoms with Gasteiger partial charge in [-0.25, -0.2) is 0 Å². The lowest BCUT2D eigenvalue weighted by Gasteiger charge is -2.10. The second kappa shape index (κ2) is 5.51. The number of amides is 1. The molecule has 5 heteroatoms. The van der Waals surface area contributed by atoms with Gasteiger partial charge in [-0.2, -0.15) is 0 Å². The number of nitrogen functional groups attached to an aromatic ring is 1. The Labute approximate surface area is 121 Å². The Balaban J connectivity index is 2.27. The standard InChI is InChI=1S/C14H12Cl2N2O/c1-8-5-11(16)12(17)7-13(8)18-14(19)9-3-2-4-10(15)6-9/h2-7H,17H2,1H3,(H,18,19). The Hall–Kier alpha value is -1.71. The van der Waals surface area contributed by atoms with Gasteiger partial charge in [-0.15, -0.1) is 0 Å². The smallest absolute Gasteiger partial charge is 0.255 e. The molecular weight excluding hydrogens is 283 g/mol. The second-order valence-corrected chi connectivity index (χ2v) is 5.00. The van der Waals surface area contributed by atoms with Crippen LogP contribution in [0.2, 0.25) is 10.0 Å². The minimum absolute atomic E-state index is 0.243. The Bertz CT molecular complexity index is 641. The maximum absolute atomic E-state index is 12.1. The van der Waals surface area contributed by atoms with Crippen LogP contribution in [0, 0.1) is 6.92 Å². The zero-order chi connectivity index (χ0) is 14.0. The van der Waals surface area contributed by atoms with Crippen LogP contribution in [0.15, 0.2) is 36.4 Å². The fraction of sp³-hybridized carbons (Fsp3) is 0.0714. The molecule has 0 aliphatic rings. The van der Waals surface area contributed by atoms with Crippen LogP contribution in [0.4, 0.5) is 11.4 Å². The van der Waals surface area contributed by atoms with E-state index in [0.29, 0.717) is 27.0 Å². The molecule has 0 aliphatic heterocycles. The summed E-state index contributed by atoms with van der Waals surface area (Å²) in [7, 11) is 0. The molecule has 0 fully saturated rings. The van der Waals surface area contributed by atoms with Crippen molar-refractivity contribution in [2.75, 3.05) is 11.1 Å². The average Bonchev–Trinajstić information content (AvgIpc) is 2.36. The topological polar surface area (TPSA) is 55.1 Å². The molecule has 2 rings (SSSR count). The third kappa shape index (κ3) is 3.19. The van der Waals surface area contributed by atoms with Crippen molar-refractivity contribution in [3.63, 3.8) is 0 Å². The number of hydrogen-bond donors (Lipinski definition) is 2. The molecule has 0 radical (unpaired) electrons. The normalized spacial score (nSPS) is 10.3. The van der Waals surface area contributed by atoms with E-state index in [-0.39, 0.29) is 5.91 Å². The maximum atomic E-state index is 12.1.